The van der Waals surface area contributed by atoms with Crippen molar-refractivity contribution in [2.45, 2.75) is 30.1 Å². The summed E-state index contributed by atoms with van der Waals surface area (Å²) in [6.45, 7) is 6.26. The van der Waals surface area contributed by atoms with Gasteiger partial charge in [-0.1, -0.05) is 31.2 Å². The summed E-state index contributed by atoms with van der Waals surface area (Å²) in [6, 6.07) is 17.8. The Kier molecular flexibility index (Phi) is 9.57. The van der Waals surface area contributed by atoms with Crippen molar-refractivity contribution >= 4 is 22.4 Å². The average Bonchev–Trinajstić information content (AvgIpc) is 2.89. The second-order valence-corrected chi connectivity index (χ2v) is 9.21. The van der Waals surface area contributed by atoms with E-state index in [0.29, 0.717) is 40.8 Å². The lowest BCUT2D eigenvalue weighted by molar-refractivity contribution is 0.102. The van der Waals surface area contributed by atoms with Crippen LogP contribution in [0, 0.1) is 0 Å². The highest BCUT2D eigenvalue weighted by Gasteiger charge is 2.23. The summed E-state index contributed by atoms with van der Waals surface area (Å²) in [5, 5.41) is 2.54. The molecule has 0 aliphatic heterocycles. The van der Waals surface area contributed by atoms with Crippen molar-refractivity contribution < 1.29 is 23.2 Å². The fraction of sp³-hybridized carbons (Fsp3) is 0.259. The van der Waals surface area contributed by atoms with Crippen LogP contribution in [0.1, 0.15) is 40.3 Å². The van der Waals surface area contributed by atoms with Gasteiger partial charge in [0.2, 0.25) is 0 Å². The van der Waals surface area contributed by atoms with Crippen LogP contribution in [0.5, 0.6) is 11.5 Å². The van der Waals surface area contributed by atoms with E-state index in [4.69, 9.17) is 14.2 Å². The Morgan fingerprint density at radius 3 is 2.46 bits per heavy atom. The number of carbonyl (C=O) groups is 1. The SMILES string of the molecule is C=CCOCc1cccc(C(=O)Nc2ccccc2S(=O)[C@@H](CC)c2cc(OC)cc(OC)c2)n1. The number of para-hydroxylation sites is 1. The number of carbonyl (C=O) groups excluding carboxylic acids is 1. The molecule has 3 aromatic rings. The van der Waals surface area contributed by atoms with Crippen LogP contribution in [0.4, 0.5) is 5.69 Å². The first-order valence-electron chi connectivity index (χ1n) is 11.2. The topological polar surface area (TPSA) is 86.8 Å². The van der Waals surface area contributed by atoms with Crippen LogP contribution in [0.2, 0.25) is 0 Å². The summed E-state index contributed by atoms with van der Waals surface area (Å²) in [4.78, 5) is 17.9. The number of rotatable bonds is 12. The number of nitrogens with one attached hydrogen (secondary N) is 1. The Bertz CT molecular complexity index is 1180. The molecule has 1 unspecified atom stereocenters. The highest BCUT2D eigenvalue weighted by atomic mass is 32.2. The van der Waals surface area contributed by atoms with Crippen molar-refractivity contribution in [3.8, 4) is 11.5 Å². The molecule has 0 aliphatic rings. The summed E-state index contributed by atoms with van der Waals surface area (Å²) in [7, 11) is 1.70. The van der Waals surface area contributed by atoms with Gasteiger partial charge >= 0.3 is 0 Å². The summed E-state index contributed by atoms with van der Waals surface area (Å²) >= 11 is 0. The number of benzene rings is 2. The maximum atomic E-state index is 13.8. The average molecular weight is 495 g/mol. The van der Waals surface area contributed by atoms with Gasteiger partial charge in [0.25, 0.3) is 5.91 Å². The Balaban J connectivity index is 1.86. The molecule has 2 atom stereocenters. The van der Waals surface area contributed by atoms with Crippen molar-refractivity contribution in [3.63, 3.8) is 0 Å². The maximum absolute atomic E-state index is 13.8. The van der Waals surface area contributed by atoms with Gasteiger partial charge in [-0.15, -0.1) is 6.58 Å². The molecule has 2 aromatic carbocycles. The van der Waals surface area contributed by atoms with E-state index in [1.807, 2.05) is 19.1 Å². The minimum absolute atomic E-state index is 0.245. The third-order valence-corrected chi connectivity index (χ3v) is 7.16. The van der Waals surface area contributed by atoms with E-state index in [1.165, 1.54) is 0 Å². The molecule has 0 fully saturated rings. The van der Waals surface area contributed by atoms with Crippen molar-refractivity contribution in [1.29, 1.82) is 0 Å². The third kappa shape index (κ3) is 6.77. The van der Waals surface area contributed by atoms with Crippen molar-refractivity contribution in [1.82, 2.24) is 4.98 Å². The molecule has 7 nitrogen and oxygen atoms in total. The Morgan fingerprint density at radius 1 is 1.09 bits per heavy atom. The molecule has 184 valence electrons. The van der Waals surface area contributed by atoms with Gasteiger partial charge in [-0.3, -0.25) is 9.00 Å². The fourth-order valence-corrected chi connectivity index (χ4v) is 5.09. The van der Waals surface area contributed by atoms with Crippen LogP contribution in [0.25, 0.3) is 0 Å². The van der Waals surface area contributed by atoms with Gasteiger partial charge in [0.1, 0.15) is 17.2 Å². The first kappa shape index (κ1) is 26.1. The quantitative estimate of drug-likeness (QED) is 0.271. The molecule has 0 bridgehead atoms. The molecule has 1 N–H and O–H groups in total. The van der Waals surface area contributed by atoms with E-state index < -0.39 is 16.7 Å². The van der Waals surface area contributed by atoms with Gasteiger partial charge in [-0.2, -0.15) is 0 Å². The molecule has 0 saturated heterocycles. The third-order valence-electron chi connectivity index (χ3n) is 5.25. The first-order valence-corrected chi connectivity index (χ1v) is 12.4. The van der Waals surface area contributed by atoms with Crippen LogP contribution in [-0.2, 0) is 22.1 Å². The van der Waals surface area contributed by atoms with Gasteiger partial charge in [-0.05, 0) is 48.4 Å². The minimum Gasteiger partial charge on any atom is -0.497 e. The molecular formula is C27H30N2O5S. The highest BCUT2D eigenvalue weighted by molar-refractivity contribution is 7.85. The fourth-order valence-electron chi connectivity index (χ4n) is 3.54. The molecular weight excluding hydrogens is 464 g/mol. The second kappa shape index (κ2) is 12.8. The van der Waals surface area contributed by atoms with Gasteiger partial charge in [0, 0.05) is 6.07 Å². The lowest BCUT2D eigenvalue weighted by Crippen LogP contribution is -2.17. The number of aromatic nitrogens is 1. The summed E-state index contributed by atoms with van der Waals surface area (Å²) in [5.41, 5.74) is 2.18. The molecule has 0 saturated carbocycles. The van der Waals surface area contributed by atoms with Crippen LogP contribution < -0.4 is 14.8 Å². The van der Waals surface area contributed by atoms with E-state index in [0.717, 1.165) is 5.56 Å². The van der Waals surface area contributed by atoms with Crippen LogP contribution in [0.15, 0.2) is 78.2 Å². The number of ether oxygens (including phenoxy) is 3. The Morgan fingerprint density at radius 2 is 1.80 bits per heavy atom. The molecule has 1 aromatic heterocycles. The normalized spacial score (nSPS) is 12.4. The van der Waals surface area contributed by atoms with Gasteiger partial charge in [0.15, 0.2) is 0 Å². The molecule has 0 aliphatic carbocycles. The van der Waals surface area contributed by atoms with Crippen molar-refractivity contribution in [3.05, 3.63) is 90.3 Å². The number of hydrogen-bond acceptors (Lipinski definition) is 6. The molecule has 1 heterocycles. The van der Waals surface area contributed by atoms with Crippen LogP contribution in [-0.4, -0.2) is 35.9 Å². The number of anilines is 1. The Hall–Kier alpha value is -3.49. The first-order chi connectivity index (χ1) is 17.0. The second-order valence-electron chi connectivity index (χ2n) is 7.61. The van der Waals surface area contributed by atoms with E-state index in [9.17, 15) is 9.00 Å². The van der Waals surface area contributed by atoms with E-state index in [-0.39, 0.29) is 17.6 Å². The zero-order valence-corrected chi connectivity index (χ0v) is 21.0. The predicted molar refractivity (Wildman–Crippen MR) is 137 cm³/mol. The number of amides is 1. The van der Waals surface area contributed by atoms with Crippen LogP contribution >= 0.6 is 0 Å². The monoisotopic (exact) mass is 494 g/mol. The zero-order chi connectivity index (χ0) is 25.2. The van der Waals surface area contributed by atoms with E-state index in [2.05, 4.69) is 16.9 Å². The molecule has 8 heteroatoms. The standard InChI is InChI=1S/C27H30N2O5S/c1-5-14-34-18-20-10-9-12-24(28-20)27(30)29-23-11-7-8-13-26(23)35(31)25(6-2)19-15-21(32-3)17-22(16-19)33-4/h5,7-13,15-17,25H,1,6,14,18H2,2-4H3,(H,29,30)/t25-,35?/m0/s1. The van der Waals surface area contributed by atoms with E-state index in [1.54, 1.807) is 68.8 Å². The lowest BCUT2D eigenvalue weighted by Gasteiger charge is -2.19. The highest BCUT2D eigenvalue weighted by Crippen LogP contribution is 2.35. The molecule has 0 radical (unpaired) electrons. The Labute approximate surface area is 208 Å². The number of hydrogen-bond donors (Lipinski definition) is 1. The number of pyridine rings is 1. The van der Waals surface area contributed by atoms with E-state index >= 15 is 0 Å². The summed E-state index contributed by atoms with van der Waals surface area (Å²) in [6.07, 6.45) is 2.26. The summed E-state index contributed by atoms with van der Waals surface area (Å²) in [5.74, 6) is 0.856. The predicted octanol–water partition coefficient (Wildman–Crippen LogP) is 5.31. The largest absolute Gasteiger partial charge is 0.497 e. The summed E-state index contributed by atoms with van der Waals surface area (Å²) < 4.78 is 29.9. The lowest BCUT2D eigenvalue weighted by atomic mass is 10.1. The van der Waals surface area contributed by atoms with Crippen molar-refractivity contribution in [2.24, 2.45) is 0 Å². The van der Waals surface area contributed by atoms with Gasteiger partial charge < -0.3 is 19.5 Å². The number of methoxy groups -OCH3 is 2. The van der Waals surface area contributed by atoms with Gasteiger partial charge in [0.05, 0.1) is 59.8 Å². The zero-order valence-electron chi connectivity index (χ0n) is 20.2. The van der Waals surface area contributed by atoms with Crippen LogP contribution in [0.3, 0.4) is 0 Å². The molecule has 3 rings (SSSR count). The van der Waals surface area contributed by atoms with Gasteiger partial charge in [-0.25, -0.2) is 4.98 Å². The maximum Gasteiger partial charge on any atom is 0.274 e. The number of nitrogens with zero attached hydrogens (tertiary/aromatic N) is 1. The molecule has 0 spiro atoms. The smallest absolute Gasteiger partial charge is 0.274 e. The van der Waals surface area contributed by atoms with Crippen molar-refractivity contribution in [2.75, 3.05) is 26.1 Å². The minimum atomic E-state index is -1.46. The molecule has 1 amide bonds. The molecule has 35 heavy (non-hydrogen) atoms.